The number of hydrogen-bond donors (Lipinski definition) is 1. The molecular formula is C27H26Cl2N4O4. The molecule has 0 unspecified atom stereocenters. The highest BCUT2D eigenvalue weighted by molar-refractivity contribution is 6.39. The molecule has 192 valence electrons. The monoisotopic (exact) mass is 540 g/mol. The van der Waals surface area contributed by atoms with Crippen LogP contribution in [0.15, 0.2) is 61.1 Å². The van der Waals surface area contributed by atoms with Crippen molar-refractivity contribution in [3.63, 3.8) is 0 Å². The minimum absolute atomic E-state index is 0.101. The van der Waals surface area contributed by atoms with E-state index in [0.717, 1.165) is 24.0 Å². The molecule has 0 radical (unpaired) electrons. The van der Waals surface area contributed by atoms with Gasteiger partial charge in [0.05, 0.1) is 28.9 Å². The normalized spacial score (nSPS) is 14.6. The Kier molecular flexibility index (Phi) is 8.74. The predicted octanol–water partition coefficient (Wildman–Crippen LogP) is 4.32. The lowest BCUT2D eigenvalue weighted by molar-refractivity contribution is -0.142. The van der Waals surface area contributed by atoms with Gasteiger partial charge < -0.3 is 15.0 Å². The fourth-order valence-corrected chi connectivity index (χ4v) is 5.00. The highest BCUT2D eigenvalue weighted by Crippen LogP contribution is 2.29. The number of hydrogen-bond acceptors (Lipinski definition) is 6. The van der Waals surface area contributed by atoms with Gasteiger partial charge in [0.15, 0.2) is 0 Å². The summed E-state index contributed by atoms with van der Waals surface area (Å²) in [5.41, 5.74) is 2.49. The van der Waals surface area contributed by atoms with Gasteiger partial charge in [-0.2, -0.15) is 0 Å². The fourth-order valence-electron chi connectivity index (χ4n) is 4.43. The number of carbonyl (C=O) groups is 3. The lowest BCUT2D eigenvalue weighted by atomic mass is 9.88. The number of halogens is 2. The van der Waals surface area contributed by atoms with Gasteiger partial charge in [-0.3, -0.25) is 14.6 Å². The fraction of sp³-hybridized carbons (Fsp3) is 0.296. The second-order valence-corrected chi connectivity index (χ2v) is 9.56. The maximum Gasteiger partial charge on any atom is 0.328 e. The van der Waals surface area contributed by atoms with Crippen molar-refractivity contribution >= 4 is 41.0 Å². The third-order valence-electron chi connectivity index (χ3n) is 6.44. The highest BCUT2D eigenvalue weighted by Gasteiger charge is 2.27. The smallest absolute Gasteiger partial charge is 0.328 e. The Morgan fingerprint density at radius 2 is 1.73 bits per heavy atom. The van der Waals surface area contributed by atoms with Gasteiger partial charge in [0.1, 0.15) is 11.7 Å². The molecule has 1 fully saturated rings. The zero-order chi connectivity index (χ0) is 26.4. The zero-order valence-electron chi connectivity index (χ0n) is 20.2. The molecule has 8 nitrogen and oxygen atoms in total. The topological polar surface area (TPSA) is 101 Å². The summed E-state index contributed by atoms with van der Waals surface area (Å²) >= 11 is 12.3. The Morgan fingerprint density at radius 3 is 2.32 bits per heavy atom. The molecule has 3 aromatic rings. The Bertz CT molecular complexity index is 1240. The summed E-state index contributed by atoms with van der Waals surface area (Å²) in [5, 5.41) is 3.09. The largest absolute Gasteiger partial charge is 0.467 e. The van der Waals surface area contributed by atoms with E-state index in [9.17, 15) is 14.4 Å². The number of methoxy groups -OCH3 is 1. The van der Waals surface area contributed by atoms with Crippen LogP contribution in [0, 0.1) is 0 Å². The van der Waals surface area contributed by atoms with Gasteiger partial charge in [-0.1, -0.05) is 53.5 Å². The summed E-state index contributed by atoms with van der Waals surface area (Å²) in [6.07, 6.45) is 6.47. The average molecular weight is 541 g/mol. The molecule has 0 spiro atoms. The Labute approximate surface area is 225 Å². The average Bonchev–Trinajstić information content (AvgIpc) is 2.92. The van der Waals surface area contributed by atoms with Crippen molar-refractivity contribution in [3.05, 3.63) is 93.5 Å². The number of rotatable bonds is 7. The van der Waals surface area contributed by atoms with Gasteiger partial charge in [0.25, 0.3) is 11.8 Å². The van der Waals surface area contributed by atoms with Crippen molar-refractivity contribution in [3.8, 4) is 0 Å². The first kappa shape index (κ1) is 26.6. The minimum Gasteiger partial charge on any atom is -0.467 e. The molecule has 10 heteroatoms. The zero-order valence-corrected chi connectivity index (χ0v) is 21.7. The first-order valence-electron chi connectivity index (χ1n) is 11.8. The number of nitrogens with one attached hydrogen (secondary N) is 1. The maximum absolute atomic E-state index is 12.8. The van der Waals surface area contributed by atoms with Crippen molar-refractivity contribution in [2.24, 2.45) is 0 Å². The second kappa shape index (κ2) is 12.2. The van der Waals surface area contributed by atoms with Gasteiger partial charge >= 0.3 is 5.97 Å². The Morgan fingerprint density at radius 1 is 1.05 bits per heavy atom. The van der Waals surface area contributed by atoms with Crippen LogP contribution in [-0.4, -0.2) is 58.9 Å². The van der Waals surface area contributed by atoms with Gasteiger partial charge in [-0.25, -0.2) is 9.78 Å². The van der Waals surface area contributed by atoms with Crippen LogP contribution in [0.4, 0.5) is 0 Å². The van der Waals surface area contributed by atoms with E-state index in [-0.39, 0.29) is 27.9 Å². The summed E-state index contributed by atoms with van der Waals surface area (Å²) in [5.74, 6) is -0.902. The van der Waals surface area contributed by atoms with E-state index in [1.807, 2.05) is 29.2 Å². The van der Waals surface area contributed by atoms with E-state index >= 15 is 0 Å². The third kappa shape index (κ3) is 6.45. The first-order valence-corrected chi connectivity index (χ1v) is 12.6. The predicted molar refractivity (Wildman–Crippen MR) is 140 cm³/mol. The van der Waals surface area contributed by atoms with Gasteiger partial charge in [0.2, 0.25) is 0 Å². The minimum atomic E-state index is -0.911. The van der Waals surface area contributed by atoms with Crippen LogP contribution < -0.4 is 5.32 Å². The molecule has 1 aromatic heterocycles. The summed E-state index contributed by atoms with van der Waals surface area (Å²) < 4.78 is 4.90. The van der Waals surface area contributed by atoms with Crippen LogP contribution in [0.2, 0.25) is 10.0 Å². The molecule has 2 heterocycles. The Balaban J connectivity index is 1.37. The van der Waals surface area contributed by atoms with Crippen molar-refractivity contribution < 1.29 is 19.1 Å². The number of carbonyl (C=O) groups excluding carboxylic acids is 3. The van der Waals surface area contributed by atoms with E-state index < -0.39 is 17.9 Å². The van der Waals surface area contributed by atoms with Crippen LogP contribution in [0.1, 0.15) is 50.7 Å². The number of benzene rings is 2. The van der Waals surface area contributed by atoms with Crippen molar-refractivity contribution in [2.45, 2.75) is 31.2 Å². The quantitative estimate of drug-likeness (QED) is 0.448. The SMILES string of the molecule is COC(=O)[C@H](Cc1ccc(C2CCN(C(=O)c3cnccn3)CC2)cc1)NC(=O)c1c(Cl)cccc1Cl. The molecule has 37 heavy (non-hydrogen) atoms. The molecule has 0 bridgehead atoms. The number of ether oxygens (including phenoxy) is 1. The summed E-state index contributed by atoms with van der Waals surface area (Å²) in [7, 11) is 1.27. The number of nitrogens with zero attached hydrogens (tertiary/aromatic N) is 3. The summed E-state index contributed by atoms with van der Waals surface area (Å²) in [6, 6.07) is 11.8. The van der Waals surface area contributed by atoms with Crippen LogP contribution in [0.3, 0.4) is 0 Å². The number of aromatic nitrogens is 2. The van der Waals surface area contributed by atoms with E-state index in [1.54, 1.807) is 24.4 Å². The molecule has 1 aliphatic rings. The van der Waals surface area contributed by atoms with E-state index in [4.69, 9.17) is 27.9 Å². The lowest BCUT2D eigenvalue weighted by Crippen LogP contribution is -2.43. The summed E-state index contributed by atoms with van der Waals surface area (Å²) in [4.78, 5) is 47.7. The van der Waals surface area contributed by atoms with Crippen molar-refractivity contribution in [1.82, 2.24) is 20.2 Å². The molecule has 1 atom stereocenters. The van der Waals surface area contributed by atoms with Gasteiger partial charge in [-0.15, -0.1) is 0 Å². The highest BCUT2D eigenvalue weighted by atomic mass is 35.5. The Hall–Kier alpha value is -3.49. The molecule has 1 saturated heterocycles. The summed E-state index contributed by atoms with van der Waals surface area (Å²) in [6.45, 7) is 1.28. The third-order valence-corrected chi connectivity index (χ3v) is 7.07. The van der Waals surface area contributed by atoms with Gasteiger partial charge in [0, 0.05) is 31.9 Å². The van der Waals surface area contributed by atoms with Crippen molar-refractivity contribution in [2.75, 3.05) is 20.2 Å². The van der Waals surface area contributed by atoms with Gasteiger partial charge in [-0.05, 0) is 42.0 Å². The lowest BCUT2D eigenvalue weighted by Gasteiger charge is -2.32. The molecule has 0 saturated carbocycles. The van der Waals surface area contributed by atoms with Crippen molar-refractivity contribution in [1.29, 1.82) is 0 Å². The van der Waals surface area contributed by atoms with Crippen LogP contribution in [-0.2, 0) is 16.0 Å². The number of likely N-dealkylation sites (tertiary alicyclic amines) is 1. The van der Waals surface area contributed by atoms with Crippen LogP contribution in [0.25, 0.3) is 0 Å². The van der Waals surface area contributed by atoms with E-state index in [0.29, 0.717) is 24.7 Å². The number of esters is 1. The molecule has 0 aliphatic carbocycles. The second-order valence-electron chi connectivity index (χ2n) is 8.75. The van der Waals surface area contributed by atoms with E-state index in [2.05, 4.69) is 15.3 Å². The maximum atomic E-state index is 12.8. The number of amides is 2. The molecular weight excluding hydrogens is 515 g/mol. The van der Waals surface area contributed by atoms with Crippen LogP contribution >= 0.6 is 23.2 Å². The molecule has 2 aromatic carbocycles. The molecule has 1 N–H and O–H groups in total. The number of piperidine rings is 1. The van der Waals surface area contributed by atoms with E-state index in [1.165, 1.54) is 19.5 Å². The van der Waals surface area contributed by atoms with Crippen LogP contribution in [0.5, 0.6) is 0 Å². The standard InChI is InChI=1S/C27H26Cl2N4O4/c1-37-27(36)22(32-25(34)24-20(28)3-2-4-21(24)29)15-17-5-7-18(8-6-17)19-9-13-33(14-10-19)26(35)23-16-30-11-12-31-23/h2-8,11-12,16,19,22H,9-10,13-15H2,1H3,(H,32,34)/t22-/m0/s1. The first-order chi connectivity index (χ1) is 17.9. The molecule has 4 rings (SSSR count). The molecule has 1 aliphatic heterocycles. The molecule has 2 amide bonds.